The van der Waals surface area contributed by atoms with Crippen molar-refractivity contribution in [2.75, 3.05) is 12.3 Å². The summed E-state index contributed by atoms with van der Waals surface area (Å²) in [6.07, 6.45) is -0.882. The van der Waals surface area contributed by atoms with E-state index in [1.54, 1.807) is 17.5 Å². The topological polar surface area (TPSA) is 92.4 Å². The third-order valence-electron chi connectivity index (χ3n) is 2.66. The van der Waals surface area contributed by atoms with Crippen molar-refractivity contribution in [3.05, 3.63) is 45.1 Å². The maximum absolute atomic E-state index is 12.1. The molecule has 0 radical (unpaired) electrons. The van der Waals surface area contributed by atoms with E-state index >= 15 is 0 Å². The van der Waals surface area contributed by atoms with Crippen LogP contribution in [0, 0.1) is 0 Å². The number of rotatable bonds is 5. The van der Waals surface area contributed by atoms with Crippen LogP contribution in [0.3, 0.4) is 0 Å². The van der Waals surface area contributed by atoms with Crippen LogP contribution >= 0.6 is 27.3 Å². The van der Waals surface area contributed by atoms with Crippen LogP contribution in [0.15, 0.2) is 44.4 Å². The minimum atomic E-state index is -3.75. The second-order valence-corrected chi connectivity index (χ2v) is 7.54. The fourth-order valence-electron chi connectivity index (χ4n) is 1.61. The minimum Gasteiger partial charge on any atom is -0.398 e. The highest BCUT2D eigenvalue weighted by Crippen LogP contribution is 2.23. The minimum absolute atomic E-state index is 0.00165. The molecule has 8 heteroatoms. The number of nitrogen functional groups attached to an aromatic ring is 1. The molecule has 5 nitrogen and oxygen atoms in total. The molecule has 0 aliphatic heterocycles. The first-order chi connectivity index (χ1) is 9.40. The van der Waals surface area contributed by atoms with Crippen molar-refractivity contribution in [2.45, 2.75) is 11.0 Å². The van der Waals surface area contributed by atoms with Crippen LogP contribution in [0.2, 0.25) is 0 Å². The van der Waals surface area contributed by atoms with Gasteiger partial charge in [-0.05, 0) is 40.6 Å². The highest BCUT2D eigenvalue weighted by atomic mass is 79.9. The molecule has 0 bridgehead atoms. The predicted octanol–water partition coefficient (Wildman–Crippen LogP) is 2.10. The molecule has 1 aromatic heterocycles. The Hall–Kier alpha value is -0.930. The molecule has 0 spiro atoms. The monoisotopic (exact) mass is 376 g/mol. The lowest BCUT2D eigenvalue weighted by atomic mass is 10.2. The van der Waals surface area contributed by atoms with E-state index in [0.29, 0.717) is 10.0 Å². The van der Waals surface area contributed by atoms with Gasteiger partial charge in [0.1, 0.15) is 4.90 Å². The first-order valence-electron chi connectivity index (χ1n) is 5.65. The van der Waals surface area contributed by atoms with Crippen molar-refractivity contribution in [3.63, 3.8) is 0 Å². The van der Waals surface area contributed by atoms with Crippen molar-refractivity contribution in [1.82, 2.24) is 4.72 Å². The fourth-order valence-corrected chi connectivity index (χ4v) is 3.85. The van der Waals surface area contributed by atoms with Crippen LogP contribution in [-0.4, -0.2) is 20.1 Å². The van der Waals surface area contributed by atoms with Gasteiger partial charge in [0, 0.05) is 11.0 Å². The van der Waals surface area contributed by atoms with E-state index < -0.39 is 16.1 Å². The number of nitrogens with two attached hydrogens (primary N) is 1. The average Bonchev–Trinajstić information content (AvgIpc) is 2.89. The molecule has 0 saturated heterocycles. The van der Waals surface area contributed by atoms with E-state index in [4.69, 9.17) is 5.73 Å². The first-order valence-corrected chi connectivity index (χ1v) is 8.87. The van der Waals surface area contributed by atoms with E-state index in [0.717, 1.165) is 0 Å². The third kappa shape index (κ3) is 3.58. The van der Waals surface area contributed by atoms with E-state index in [9.17, 15) is 13.5 Å². The Kier molecular flexibility index (Phi) is 4.82. The van der Waals surface area contributed by atoms with Gasteiger partial charge in [-0.15, -0.1) is 0 Å². The van der Waals surface area contributed by atoms with Crippen LogP contribution in [0.5, 0.6) is 0 Å². The van der Waals surface area contributed by atoms with Gasteiger partial charge in [0.25, 0.3) is 0 Å². The molecule has 0 aliphatic carbocycles. The summed E-state index contributed by atoms with van der Waals surface area (Å²) < 4.78 is 27.3. The molecule has 1 atom stereocenters. The van der Waals surface area contributed by atoms with E-state index in [1.807, 2.05) is 5.38 Å². The number of hydrogen-bond acceptors (Lipinski definition) is 5. The van der Waals surface area contributed by atoms with Gasteiger partial charge < -0.3 is 10.8 Å². The second kappa shape index (κ2) is 6.23. The van der Waals surface area contributed by atoms with Crippen molar-refractivity contribution in [3.8, 4) is 0 Å². The molecule has 1 aromatic carbocycles. The molecule has 1 unspecified atom stereocenters. The Morgan fingerprint density at radius 3 is 2.75 bits per heavy atom. The molecular weight excluding hydrogens is 364 g/mol. The lowest BCUT2D eigenvalue weighted by Gasteiger charge is -2.12. The molecule has 0 aliphatic rings. The number of hydrogen-bond donors (Lipinski definition) is 3. The smallest absolute Gasteiger partial charge is 0.242 e. The summed E-state index contributed by atoms with van der Waals surface area (Å²) in [5, 5.41) is 13.5. The lowest BCUT2D eigenvalue weighted by Crippen LogP contribution is -2.29. The van der Waals surface area contributed by atoms with Crippen LogP contribution < -0.4 is 10.5 Å². The van der Waals surface area contributed by atoms with Gasteiger partial charge in [-0.25, -0.2) is 13.1 Å². The van der Waals surface area contributed by atoms with Gasteiger partial charge in [-0.2, -0.15) is 11.3 Å². The van der Waals surface area contributed by atoms with Crippen molar-refractivity contribution < 1.29 is 13.5 Å². The van der Waals surface area contributed by atoms with Gasteiger partial charge in [-0.3, -0.25) is 0 Å². The summed E-state index contributed by atoms with van der Waals surface area (Å²) in [6.45, 7) is -0.103. The van der Waals surface area contributed by atoms with Crippen LogP contribution in [0.1, 0.15) is 11.7 Å². The quantitative estimate of drug-likeness (QED) is 0.696. The zero-order valence-electron chi connectivity index (χ0n) is 10.3. The Morgan fingerprint density at radius 1 is 1.40 bits per heavy atom. The van der Waals surface area contributed by atoms with Gasteiger partial charge in [-0.1, -0.05) is 15.9 Å². The van der Waals surface area contributed by atoms with Gasteiger partial charge in [0.2, 0.25) is 10.0 Å². The van der Waals surface area contributed by atoms with Gasteiger partial charge in [0.05, 0.1) is 11.8 Å². The maximum Gasteiger partial charge on any atom is 0.242 e. The molecular formula is C12H13BrN2O3S2. The summed E-state index contributed by atoms with van der Waals surface area (Å²) in [6, 6.07) is 6.28. The summed E-state index contributed by atoms with van der Waals surface area (Å²) in [5.41, 5.74) is 6.53. The maximum atomic E-state index is 12.1. The molecule has 20 heavy (non-hydrogen) atoms. The summed E-state index contributed by atoms with van der Waals surface area (Å²) >= 11 is 4.66. The Balaban J connectivity index is 2.11. The molecule has 0 amide bonds. The number of aliphatic hydroxyl groups excluding tert-OH is 1. The molecule has 0 fully saturated rings. The highest BCUT2D eigenvalue weighted by molar-refractivity contribution is 9.10. The summed E-state index contributed by atoms with van der Waals surface area (Å²) in [4.78, 5) is -0.00165. The Labute approximate surface area is 129 Å². The number of halogens is 1. The number of aliphatic hydroxyl groups is 1. The molecule has 0 saturated carbocycles. The molecule has 2 aromatic rings. The average molecular weight is 377 g/mol. The zero-order valence-corrected chi connectivity index (χ0v) is 13.5. The van der Waals surface area contributed by atoms with Crippen molar-refractivity contribution in [1.29, 1.82) is 0 Å². The summed E-state index contributed by atoms with van der Waals surface area (Å²) in [5.74, 6) is 0. The SMILES string of the molecule is Nc1cc(Br)ccc1S(=O)(=O)NCC(O)c1ccsc1. The zero-order chi connectivity index (χ0) is 14.8. The second-order valence-electron chi connectivity index (χ2n) is 4.11. The number of anilines is 1. The van der Waals surface area contributed by atoms with Gasteiger partial charge in [0.15, 0.2) is 0 Å². The predicted molar refractivity (Wildman–Crippen MR) is 83.0 cm³/mol. The van der Waals surface area contributed by atoms with Crippen LogP contribution in [0.25, 0.3) is 0 Å². The van der Waals surface area contributed by atoms with E-state index in [-0.39, 0.29) is 17.1 Å². The van der Waals surface area contributed by atoms with E-state index in [2.05, 4.69) is 20.7 Å². The standard InChI is InChI=1S/C12H13BrN2O3S2/c13-9-1-2-12(10(14)5-9)20(17,18)15-6-11(16)8-3-4-19-7-8/h1-5,7,11,15-16H,6,14H2. The van der Waals surface area contributed by atoms with Crippen LogP contribution in [-0.2, 0) is 10.0 Å². The third-order valence-corrected chi connectivity index (χ3v) is 5.35. The van der Waals surface area contributed by atoms with Crippen molar-refractivity contribution in [2.24, 2.45) is 0 Å². The number of sulfonamides is 1. The van der Waals surface area contributed by atoms with E-state index in [1.165, 1.54) is 23.5 Å². The largest absolute Gasteiger partial charge is 0.398 e. The molecule has 4 N–H and O–H groups in total. The molecule has 2 rings (SSSR count). The molecule has 1 heterocycles. The molecule has 108 valence electrons. The Bertz CT molecular complexity index is 687. The highest BCUT2D eigenvalue weighted by Gasteiger charge is 2.19. The number of nitrogens with one attached hydrogen (secondary N) is 1. The summed E-state index contributed by atoms with van der Waals surface area (Å²) in [7, 11) is -3.75. The fraction of sp³-hybridized carbons (Fsp3) is 0.167. The normalized spacial score (nSPS) is 13.3. The number of thiophene rings is 1. The lowest BCUT2D eigenvalue weighted by molar-refractivity contribution is 0.182. The van der Waals surface area contributed by atoms with Crippen LogP contribution in [0.4, 0.5) is 5.69 Å². The van der Waals surface area contributed by atoms with Gasteiger partial charge >= 0.3 is 0 Å². The first kappa shape index (κ1) is 15.5. The van der Waals surface area contributed by atoms with Crippen molar-refractivity contribution >= 4 is 43.0 Å². The number of benzene rings is 1. The Morgan fingerprint density at radius 2 is 2.15 bits per heavy atom.